The number of nitrogens with two attached hydrogens (primary N) is 2. The van der Waals surface area contributed by atoms with Crippen LogP contribution in [0.15, 0.2) is 47.5 Å². The molecular formula is C14H13ClFN3. The van der Waals surface area contributed by atoms with Gasteiger partial charge in [0, 0.05) is 10.7 Å². The molecular weight excluding hydrogens is 265 g/mol. The van der Waals surface area contributed by atoms with Crippen LogP contribution in [0, 0.1) is 5.82 Å². The van der Waals surface area contributed by atoms with E-state index in [2.05, 4.69) is 4.99 Å². The summed E-state index contributed by atoms with van der Waals surface area (Å²) in [5, 5.41) is 0.658. The van der Waals surface area contributed by atoms with Gasteiger partial charge < -0.3 is 11.5 Å². The summed E-state index contributed by atoms with van der Waals surface area (Å²) in [4.78, 5) is 4.16. The molecule has 0 spiro atoms. The highest BCUT2D eigenvalue weighted by Crippen LogP contribution is 2.13. The van der Waals surface area contributed by atoms with E-state index in [1.54, 1.807) is 18.2 Å². The van der Waals surface area contributed by atoms with Crippen LogP contribution in [-0.2, 0) is 6.54 Å². The zero-order valence-corrected chi connectivity index (χ0v) is 10.9. The summed E-state index contributed by atoms with van der Waals surface area (Å²) in [6, 6.07) is 11.6. The van der Waals surface area contributed by atoms with Crippen molar-refractivity contribution < 1.29 is 4.39 Å². The Morgan fingerprint density at radius 3 is 2.47 bits per heavy atom. The van der Waals surface area contributed by atoms with Crippen molar-refractivity contribution >= 4 is 23.1 Å². The molecule has 0 atom stereocenters. The van der Waals surface area contributed by atoms with Crippen molar-refractivity contribution in [2.24, 2.45) is 10.7 Å². The Morgan fingerprint density at radius 2 is 1.84 bits per heavy atom. The smallest absolute Gasteiger partial charge is 0.136 e. The lowest BCUT2D eigenvalue weighted by Gasteiger charge is -2.04. The Labute approximate surface area is 115 Å². The molecule has 0 saturated heterocycles. The highest BCUT2D eigenvalue weighted by Gasteiger charge is 2.06. The predicted molar refractivity (Wildman–Crippen MR) is 76.7 cm³/mol. The highest BCUT2D eigenvalue weighted by molar-refractivity contribution is 6.30. The third-order valence-corrected chi connectivity index (χ3v) is 2.87. The first-order valence-electron chi connectivity index (χ1n) is 5.66. The average Bonchev–Trinajstić information content (AvgIpc) is 2.37. The van der Waals surface area contributed by atoms with E-state index < -0.39 is 5.82 Å². The number of hydrogen-bond donors (Lipinski definition) is 2. The molecule has 0 aliphatic rings. The standard InChI is InChI=1S/C14H13ClFN3/c15-10-3-1-9(2-4-10)8-19-14(18)12-6-5-11(17)7-13(12)16/h1-7H,8,17H2,(H2,18,19). The lowest BCUT2D eigenvalue weighted by molar-refractivity contribution is 0.625. The molecule has 0 aliphatic heterocycles. The van der Waals surface area contributed by atoms with Crippen molar-refractivity contribution in [3.05, 3.63) is 64.4 Å². The molecule has 0 aromatic heterocycles. The molecule has 0 unspecified atom stereocenters. The fraction of sp³-hybridized carbons (Fsp3) is 0.0714. The van der Waals surface area contributed by atoms with Gasteiger partial charge >= 0.3 is 0 Å². The third kappa shape index (κ3) is 3.45. The van der Waals surface area contributed by atoms with Crippen LogP contribution in [-0.4, -0.2) is 5.84 Å². The molecule has 2 aromatic rings. The number of anilines is 1. The number of hydrogen-bond acceptors (Lipinski definition) is 2. The van der Waals surface area contributed by atoms with Gasteiger partial charge in [-0.1, -0.05) is 23.7 Å². The first kappa shape index (κ1) is 13.4. The molecule has 0 radical (unpaired) electrons. The number of benzene rings is 2. The lowest BCUT2D eigenvalue weighted by atomic mass is 10.1. The SMILES string of the molecule is NC(=NCc1ccc(Cl)cc1)c1ccc(N)cc1F. The normalized spacial score (nSPS) is 11.6. The van der Waals surface area contributed by atoms with Crippen LogP contribution >= 0.6 is 11.6 Å². The maximum atomic E-state index is 13.6. The van der Waals surface area contributed by atoms with Crippen molar-refractivity contribution in [2.75, 3.05) is 5.73 Å². The minimum Gasteiger partial charge on any atom is -0.399 e. The highest BCUT2D eigenvalue weighted by atomic mass is 35.5. The van der Waals surface area contributed by atoms with Gasteiger partial charge in [0.15, 0.2) is 0 Å². The van der Waals surface area contributed by atoms with Gasteiger partial charge in [-0.05, 0) is 35.9 Å². The minimum atomic E-state index is -0.475. The molecule has 0 amide bonds. The van der Waals surface area contributed by atoms with Gasteiger partial charge in [-0.25, -0.2) is 4.39 Å². The summed E-state index contributed by atoms with van der Waals surface area (Å²) in [6.45, 7) is 0.368. The molecule has 0 aliphatic carbocycles. The molecule has 0 fully saturated rings. The van der Waals surface area contributed by atoms with Crippen LogP contribution in [0.5, 0.6) is 0 Å². The Bertz CT molecular complexity index is 609. The van der Waals surface area contributed by atoms with E-state index in [1.165, 1.54) is 12.1 Å². The molecule has 0 bridgehead atoms. The third-order valence-electron chi connectivity index (χ3n) is 2.61. The fourth-order valence-corrected chi connectivity index (χ4v) is 1.72. The molecule has 5 heteroatoms. The van der Waals surface area contributed by atoms with Gasteiger partial charge in [0.25, 0.3) is 0 Å². The number of rotatable bonds is 3. The molecule has 4 N–H and O–H groups in total. The maximum Gasteiger partial charge on any atom is 0.136 e. The summed E-state index contributed by atoms with van der Waals surface area (Å²) < 4.78 is 13.6. The van der Waals surface area contributed by atoms with Gasteiger partial charge in [0.2, 0.25) is 0 Å². The summed E-state index contributed by atoms with van der Waals surface area (Å²) in [6.07, 6.45) is 0. The van der Waals surface area contributed by atoms with E-state index in [4.69, 9.17) is 23.1 Å². The number of nitrogens with zero attached hydrogens (tertiary/aromatic N) is 1. The number of aliphatic imine (C=N–C) groups is 1. The second-order valence-electron chi connectivity index (χ2n) is 4.07. The maximum absolute atomic E-state index is 13.6. The van der Waals surface area contributed by atoms with Crippen molar-refractivity contribution in [1.82, 2.24) is 0 Å². The van der Waals surface area contributed by atoms with E-state index in [0.717, 1.165) is 5.56 Å². The summed E-state index contributed by atoms with van der Waals surface area (Å²) >= 11 is 5.78. The van der Waals surface area contributed by atoms with Crippen molar-refractivity contribution in [3.63, 3.8) is 0 Å². The molecule has 2 aromatic carbocycles. The van der Waals surface area contributed by atoms with Crippen molar-refractivity contribution in [2.45, 2.75) is 6.54 Å². The number of nitrogen functional groups attached to an aromatic ring is 1. The van der Waals surface area contributed by atoms with Crippen LogP contribution in [0.4, 0.5) is 10.1 Å². The Balaban J connectivity index is 2.16. The molecule has 98 valence electrons. The van der Waals surface area contributed by atoms with Crippen LogP contribution < -0.4 is 11.5 Å². The number of halogens is 2. The Hall–Kier alpha value is -2.07. The van der Waals surface area contributed by atoms with Gasteiger partial charge in [-0.2, -0.15) is 0 Å². The topological polar surface area (TPSA) is 64.4 Å². The zero-order valence-electron chi connectivity index (χ0n) is 10.1. The first-order valence-corrected chi connectivity index (χ1v) is 6.04. The van der Waals surface area contributed by atoms with Crippen LogP contribution in [0.1, 0.15) is 11.1 Å². The van der Waals surface area contributed by atoms with E-state index in [1.807, 2.05) is 12.1 Å². The monoisotopic (exact) mass is 277 g/mol. The molecule has 2 rings (SSSR count). The largest absolute Gasteiger partial charge is 0.399 e. The second kappa shape index (κ2) is 5.71. The lowest BCUT2D eigenvalue weighted by Crippen LogP contribution is -2.15. The molecule has 3 nitrogen and oxygen atoms in total. The molecule has 0 saturated carbocycles. The van der Waals surface area contributed by atoms with E-state index in [9.17, 15) is 4.39 Å². The van der Waals surface area contributed by atoms with Gasteiger partial charge in [0.05, 0.1) is 12.1 Å². The summed E-state index contributed by atoms with van der Waals surface area (Å²) in [7, 11) is 0. The van der Waals surface area contributed by atoms with E-state index in [-0.39, 0.29) is 11.4 Å². The second-order valence-corrected chi connectivity index (χ2v) is 4.50. The van der Waals surface area contributed by atoms with Crippen LogP contribution in [0.3, 0.4) is 0 Å². The fourth-order valence-electron chi connectivity index (χ4n) is 1.59. The number of amidine groups is 1. The first-order chi connectivity index (χ1) is 9.06. The quantitative estimate of drug-likeness (QED) is 0.515. The average molecular weight is 278 g/mol. The summed E-state index contributed by atoms with van der Waals surface area (Å²) in [5.74, 6) is -0.329. The Kier molecular flexibility index (Phi) is 4.02. The molecule has 0 heterocycles. The molecule has 19 heavy (non-hydrogen) atoms. The minimum absolute atomic E-state index is 0.146. The van der Waals surface area contributed by atoms with Crippen LogP contribution in [0.2, 0.25) is 5.02 Å². The Morgan fingerprint density at radius 1 is 1.16 bits per heavy atom. The van der Waals surface area contributed by atoms with Crippen LogP contribution in [0.25, 0.3) is 0 Å². The van der Waals surface area contributed by atoms with E-state index >= 15 is 0 Å². The van der Waals surface area contributed by atoms with E-state index in [0.29, 0.717) is 17.3 Å². The van der Waals surface area contributed by atoms with Gasteiger partial charge in [-0.3, -0.25) is 4.99 Å². The predicted octanol–water partition coefficient (Wildman–Crippen LogP) is 2.97. The van der Waals surface area contributed by atoms with Gasteiger partial charge in [-0.15, -0.1) is 0 Å². The zero-order chi connectivity index (χ0) is 13.8. The van der Waals surface area contributed by atoms with Gasteiger partial charge in [0.1, 0.15) is 11.7 Å². The summed E-state index contributed by atoms with van der Waals surface area (Å²) in [5.41, 5.74) is 12.8. The van der Waals surface area contributed by atoms with Crippen molar-refractivity contribution in [1.29, 1.82) is 0 Å². The van der Waals surface area contributed by atoms with Crippen molar-refractivity contribution in [3.8, 4) is 0 Å².